The largest absolute Gasteiger partial charge is 0.453 e. The van der Waals surface area contributed by atoms with E-state index in [1.165, 1.54) is 7.11 Å². The lowest BCUT2D eigenvalue weighted by Crippen LogP contribution is -2.44. The Balaban J connectivity index is 1.02. The van der Waals surface area contributed by atoms with Gasteiger partial charge in [0.1, 0.15) is 24.2 Å². The van der Waals surface area contributed by atoms with E-state index in [9.17, 15) is 19.2 Å². The second-order valence-corrected chi connectivity index (χ2v) is 15.7. The number of methoxy groups -OCH3 is 1. The molecule has 5 aromatic carbocycles. The van der Waals surface area contributed by atoms with Gasteiger partial charge in [-0.15, -0.1) is 0 Å². The number of nitrogens with one attached hydrogen (secondary N) is 4. The third kappa shape index (κ3) is 8.38. The Morgan fingerprint density at radius 1 is 0.800 bits per heavy atom. The lowest BCUT2D eigenvalue weighted by atomic mass is 9.98. The van der Waals surface area contributed by atoms with Crippen molar-refractivity contribution in [3.05, 3.63) is 108 Å². The predicted octanol–water partition coefficient (Wildman–Crippen LogP) is 7.90. The molecule has 13 nitrogen and oxygen atoms in total. The van der Waals surface area contributed by atoms with Crippen LogP contribution in [-0.2, 0) is 32.2 Å². The number of ether oxygens (including phenoxy) is 1. The van der Waals surface area contributed by atoms with Crippen molar-refractivity contribution in [3.8, 4) is 11.1 Å². The number of hydrogen-bond donors (Lipinski definition) is 4. The van der Waals surface area contributed by atoms with Crippen LogP contribution in [0.5, 0.6) is 0 Å². The number of alkyl carbamates (subject to hydrolysis) is 1. The minimum Gasteiger partial charge on any atom is -0.453 e. The zero-order valence-corrected chi connectivity index (χ0v) is 34.4. The number of carbonyl (C=O) groups is 4. The number of H-pyrrole nitrogens is 2. The molecule has 0 bridgehead atoms. The molecule has 308 valence electrons. The fourth-order valence-electron chi connectivity index (χ4n) is 7.85. The number of hydrogen-bond acceptors (Lipinski definition) is 7. The van der Waals surface area contributed by atoms with Crippen LogP contribution in [0, 0.1) is 5.92 Å². The first-order valence-electron chi connectivity index (χ1n) is 20.7. The van der Waals surface area contributed by atoms with E-state index >= 15 is 0 Å². The Kier molecular flexibility index (Phi) is 11.5. The summed E-state index contributed by atoms with van der Waals surface area (Å²) in [5.74, 6) is 0.888. The molecule has 2 atom stereocenters. The first-order valence-corrected chi connectivity index (χ1v) is 20.7. The summed E-state index contributed by atoms with van der Waals surface area (Å²) in [5.41, 5.74) is 6.31. The molecule has 2 aromatic heterocycles. The van der Waals surface area contributed by atoms with Crippen molar-refractivity contribution in [2.45, 2.75) is 71.6 Å². The van der Waals surface area contributed by atoms with Crippen molar-refractivity contribution in [2.24, 2.45) is 5.92 Å². The van der Waals surface area contributed by atoms with Crippen LogP contribution < -0.4 is 10.6 Å². The highest BCUT2D eigenvalue weighted by atomic mass is 16.5. The molecule has 8 rings (SSSR count). The molecule has 0 radical (unpaired) electrons. The zero-order chi connectivity index (χ0) is 41.9. The topological polar surface area (TPSA) is 165 Å². The van der Waals surface area contributed by atoms with Crippen molar-refractivity contribution < 1.29 is 23.9 Å². The molecule has 0 unspecified atom stereocenters. The highest BCUT2D eigenvalue weighted by Crippen LogP contribution is 2.33. The number of benzene rings is 5. The van der Waals surface area contributed by atoms with Crippen molar-refractivity contribution in [3.63, 3.8) is 0 Å². The molecule has 1 saturated carbocycles. The van der Waals surface area contributed by atoms with E-state index in [-0.39, 0.29) is 49.3 Å². The van der Waals surface area contributed by atoms with E-state index in [1.54, 1.807) is 9.80 Å². The van der Waals surface area contributed by atoms with Crippen molar-refractivity contribution in [2.75, 3.05) is 20.2 Å². The summed E-state index contributed by atoms with van der Waals surface area (Å²) < 4.78 is 4.63. The van der Waals surface area contributed by atoms with Crippen molar-refractivity contribution in [1.82, 2.24) is 40.4 Å². The Hall–Kier alpha value is -6.76. The summed E-state index contributed by atoms with van der Waals surface area (Å²) >= 11 is 0. The molecule has 4 amide bonds. The third-order valence-electron chi connectivity index (χ3n) is 11.5. The third-order valence-corrected chi connectivity index (χ3v) is 11.5. The van der Waals surface area contributed by atoms with Gasteiger partial charge in [-0.25, -0.2) is 14.8 Å². The van der Waals surface area contributed by atoms with Gasteiger partial charge >= 0.3 is 6.09 Å². The maximum atomic E-state index is 14.1. The highest BCUT2D eigenvalue weighted by Gasteiger charge is 2.35. The average Bonchev–Trinajstić information content (AvgIpc) is 3.92. The van der Waals surface area contributed by atoms with Crippen LogP contribution in [0.1, 0.15) is 69.7 Å². The van der Waals surface area contributed by atoms with Gasteiger partial charge in [-0.2, -0.15) is 0 Å². The summed E-state index contributed by atoms with van der Waals surface area (Å²) in [7, 11) is 1.27. The zero-order valence-electron chi connectivity index (χ0n) is 34.4. The molecule has 4 N–H and O–H groups in total. The quantitative estimate of drug-likeness (QED) is 0.0818. The Labute approximate surface area is 347 Å². The smallest absolute Gasteiger partial charge is 0.407 e. The van der Waals surface area contributed by atoms with Gasteiger partial charge in [-0.05, 0) is 84.3 Å². The van der Waals surface area contributed by atoms with E-state index < -0.39 is 12.1 Å². The number of amides is 4. The number of imidazole rings is 2. The van der Waals surface area contributed by atoms with Gasteiger partial charge in [-0.3, -0.25) is 14.4 Å². The number of rotatable bonds is 15. The van der Waals surface area contributed by atoms with Gasteiger partial charge in [0.15, 0.2) is 0 Å². The molecular formula is C47H50N8O5. The maximum Gasteiger partial charge on any atom is 0.407 e. The molecule has 0 spiro atoms. The molecule has 1 aliphatic carbocycles. The average molecular weight is 807 g/mol. The van der Waals surface area contributed by atoms with Crippen LogP contribution in [0.15, 0.2) is 91.0 Å². The SMILES string of the molecule is CCCN(Cc1nc2c(ccc3cc(-c4ccc5c(ccc6[nH]c(CN(C(=O)CNC(=O)OC)[C@@H](C)CC)nc65)c4)ccc32)[nH]1)C(=O)[C@H](NC(=O)C1CC1)c1ccccc1. The van der Waals surface area contributed by atoms with Crippen LogP contribution in [-0.4, -0.2) is 79.8 Å². The van der Waals surface area contributed by atoms with E-state index in [0.29, 0.717) is 18.2 Å². The van der Waals surface area contributed by atoms with Crippen molar-refractivity contribution in [1.29, 1.82) is 0 Å². The molecule has 7 aromatic rings. The maximum absolute atomic E-state index is 14.1. The minimum atomic E-state index is -0.765. The van der Waals surface area contributed by atoms with Gasteiger partial charge < -0.3 is 35.1 Å². The molecule has 2 heterocycles. The number of nitrogens with zero attached hydrogens (tertiary/aromatic N) is 4. The summed E-state index contributed by atoms with van der Waals surface area (Å²) in [6.45, 7) is 6.95. The number of carbonyl (C=O) groups excluding carboxylic acids is 4. The van der Waals surface area contributed by atoms with E-state index in [1.807, 2.05) is 63.2 Å². The monoisotopic (exact) mass is 806 g/mol. The molecule has 13 heteroatoms. The highest BCUT2D eigenvalue weighted by molar-refractivity contribution is 6.07. The lowest BCUT2D eigenvalue weighted by molar-refractivity contribution is -0.137. The van der Waals surface area contributed by atoms with Crippen LogP contribution >= 0.6 is 0 Å². The van der Waals surface area contributed by atoms with E-state index in [4.69, 9.17) is 9.97 Å². The molecule has 1 fully saturated rings. The van der Waals surface area contributed by atoms with Gasteiger partial charge in [0, 0.05) is 29.3 Å². The summed E-state index contributed by atoms with van der Waals surface area (Å²) in [6.07, 6.45) is 2.58. The van der Waals surface area contributed by atoms with Gasteiger partial charge in [0.05, 0.1) is 42.3 Å². The van der Waals surface area contributed by atoms with E-state index in [0.717, 1.165) is 86.0 Å². The predicted molar refractivity (Wildman–Crippen MR) is 233 cm³/mol. The normalized spacial score (nSPS) is 13.7. The summed E-state index contributed by atoms with van der Waals surface area (Å²) in [4.78, 5) is 72.0. The Morgan fingerprint density at radius 3 is 1.95 bits per heavy atom. The molecular weight excluding hydrogens is 757 g/mol. The second-order valence-electron chi connectivity index (χ2n) is 15.7. The van der Waals surface area contributed by atoms with Crippen LogP contribution in [0.25, 0.3) is 54.7 Å². The number of aromatic amines is 2. The Bertz CT molecular complexity index is 2720. The van der Waals surface area contributed by atoms with Crippen LogP contribution in [0.2, 0.25) is 0 Å². The molecule has 0 saturated heterocycles. The fourth-order valence-corrected chi connectivity index (χ4v) is 7.85. The number of fused-ring (bicyclic) bond motifs is 6. The summed E-state index contributed by atoms with van der Waals surface area (Å²) in [5, 5.41) is 9.60. The van der Waals surface area contributed by atoms with Gasteiger partial charge in [-0.1, -0.05) is 80.6 Å². The van der Waals surface area contributed by atoms with Crippen LogP contribution in [0.3, 0.4) is 0 Å². The Morgan fingerprint density at radius 2 is 1.40 bits per heavy atom. The number of aromatic nitrogens is 4. The van der Waals surface area contributed by atoms with E-state index in [2.05, 4.69) is 73.9 Å². The summed E-state index contributed by atoms with van der Waals surface area (Å²) in [6, 6.07) is 29.6. The van der Waals surface area contributed by atoms with Crippen molar-refractivity contribution >= 4 is 67.4 Å². The molecule has 1 aliphatic rings. The van der Waals surface area contributed by atoms with Gasteiger partial charge in [0.25, 0.3) is 0 Å². The molecule has 60 heavy (non-hydrogen) atoms. The first kappa shape index (κ1) is 40.0. The van der Waals surface area contributed by atoms with Gasteiger partial charge in [0.2, 0.25) is 17.7 Å². The lowest BCUT2D eigenvalue weighted by Gasteiger charge is -2.27. The standard InChI is InChI=1S/C47H50N8O5/c1-5-22-54(46(58)42(29-10-8-7-9-11-29)53-45(57)30-12-13-30)26-39-49-37-20-16-33-23-31(14-18-35(33)43(37)51-39)32-15-19-36-34(24-32)17-21-38-44(36)52-40(50-38)27-55(28(3)6-2)41(56)25-48-47(59)60-4/h7-11,14-21,23-24,28,30,42H,5-6,12-13,22,25-27H2,1-4H3,(H,48,59)(H,49,51)(H,50,52)(H,53,57)/t28-,42+/m0/s1. The molecule has 0 aliphatic heterocycles. The fraction of sp³-hybridized carbons (Fsp3) is 0.319. The van der Waals surface area contributed by atoms with Crippen LogP contribution in [0.4, 0.5) is 4.79 Å². The second kappa shape index (κ2) is 17.2. The minimum absolute atomic E-state index is 0.0150. The first-order chi connectivity index (χ1) is 29.1.